The summed E-state index contributed by atoms with van der Waals surface area (Å²) in [5.74, 6) is 0. The van der Waals surface area contributed by atoms with Crippen LogP contribution in [0.3, 0.4) is 0 Å². The third kappa shape index (κ3) is 4.01. The van der Waals surface area contributed by atoms with E-state index in [1.807, 2.05) is 12.5 Å². The standard InChI is InChI=1S/C11H22N4/c1-3-6-15-10-13-8-11(15)9-14(2)7-4-5-12/h8,10H,3-7,9,12H2,1-2H3. The van der Waals surface area contributed by atoms with Gasteiger partial charge < -0.3 is 15.2 Å². The summed E-state index contributed by atoms with van der Waals surface area (Å²) in [5.41, 5.74) is 6.77. The topological polar surface area (TPSA) is 47.1 Å². The molecule has 0 unspecified atom stereocenters. The molecule has 2 N–H and O–H groups in total. The van der Waals surface area contributed by atoms with Gasteiger partial charge in [-0.1, -0.05) is 6.92 Å². The molecule has 4 nitrogen and oxygen atoms in total. The number of nitrogens with two attached hydrogens (primary N) is 1. The minimum Gasteiger partial charge on any atom is -0.333 e. The molecular weight excluding hydrogens is 188 g/mol. The Kier molecular flexibility index (Phi) is 5.36. The fourth-order valence-electron chi connectivity index (χ4n) is 1.64. The summed E-state index contributed by atoms with van der Waals surface area (Å²) in [4.78, 5) is 6.47. The van der Waals surface area contributed by atoms with E-state index in [1.165, 1.54) is 5.69 Å². The van der Waals surface area contributed by atoms with Gasteiger partial charge >= 0.3 is 0 Å². The Labute approximate surface area is 92.1 Å². The molecule has 0 saturated carbocycles. The SMILES string of the molecule is CCCn1cncc1CN(C)CCCN. The highest BCUT2D eigenvalue weighted by molar-refractivity contribution is 4.97. The number of aromatic nitrogens is 2. The van der Waals surface area contributed by atoms with Crippen LogP contribution in [0.5, 0.6) is 0 Å². The molecule has 1 aromatic heterocycles. The summed E-state index contributed by atoms with van der Waals surface area (Å²) in [5, 5.41) is 0. The molecule has 0 atom stereocenters. The lowest BCUT2D eigenvalue weighted by molar-refractivity contribution is 0.314. The van der Waals surface area contributed by atoms with Crippen molar-refractivity contribution in [2.45, 2.75) is 32.9 Å². The number of hydrogen-bond donors (Lipinski definition) is 1. The van der Waals surface area contributed by atoms with Gasteiger partial charge in [-0.25, -0.2) is 4.98 Å². The van der Waals surface area contributed by atoms with Gasteiger partial charge in [0.2, 0.25) is 0 Å². The van der Waals surface area contributed by atoms with E-state index in [0.29, 0.717) is 0 Å². The van der Waals surface area contributed by atoms with Crippen LogP contribution in [0.4, 0.5) is 0 Å². The molecule has 1 heterocycles. The quantitative estimate of drug-likeness (QED) is 0.732. The van der Waals surface area contributed by atoms with Crippen LogP contribution in [0, 0.1) is 0 Å². The van der Waals surface area contributed by atoms with Crippen LogP contribution in [0.2, 0.25) is 0 Å². The average molecular weight is 210 g/mol. The Bertz CT molecular complexity index is 269. The molecule has 0 aromatic carbocycles. The molecule has 0 fully saturated rings. The van der Waals surface area contributed by atoms with Gasteiger partial charge in [0.25, 0.3) is 0 Å². The summed E-state index contributed by atoms with van der Waals surface area (Å²) in [7, 11) is 2.12. The van der Waals surface area contributed by atoms with Gasteiger partial charge in [-0.05, 0) is 33.0 Å². The van der Waals surface area contributed by atoms with Crippen LogP contribution in [0.25, 0.3) is 0 Å². The summed E-state index contributed by atoms with van der Waals surface area (Å²) in [6, 6.07) is 0. The first-order valence-electron chi connectivity index (χ1n) is 5.65. The van der Waals surface area contributed by atoms with E-state index < -0.39 is 0 Å². The molecule has 0 aliphatic carbocycles. The number of aryl methyl sites for hydroxylation is 1. The first-order valence-corrected chi connectivity index (χ1v) is 5.65. The average Bonchev–Trinajstić information content (AvgIpc) is 2.63. The van der Waals surface area contributed by atoms with Crippen LogP contribution in [0.15, 0.2) is 12.5 Å². The Morgan fingerprint density at radius 3 is 3.00 bits per heavy atom. The maximum atomic E-state index is 5.48. The first kappa shape index (κ1) is 12.2. The monoisotopic (exact) mass is 210 g/mol. The Morgan fingerprint density at radius 2 is 2.33 bits per heavy atom. The zero-order chi connectivity index (χ0) is 11.1. The lowest BCUT2D eigenvalue weighted by atomic mass is 10.3. The third-order valence-electron chi connectivity index (χ3n) is 2.44. The fourth-order valence-corrected chi connectivity index (χ4v) is 1.64. The summed E-state index contributed by atoms with van der Waals surface area (Å²) in [6.07, 6.45) is 6.07. The van der Waals surface area contributed by atoms with Crippen LogP contribution in [-0.2, 0) is 13.1 Å². The van der Waals surface area contributed by atoms with E-state index in [2.05, 4.69) is 28.4 Å². The Hall–Kier alpha value is -0.870. The van der Waals surface area contributed by atoms with E-state index in [9.17, 15) is 0 Å². The van der Waals surface area contributed by atoms with Crippen molar-refractivity contribution in [2.75, 3.05) is 20.1 Å². The van der Waals surface area contributed by atoms with Crippen LogP contribution >= 0.6 is 0 Å². The second kappa shape index (κ2) is 6.58. The normalized spacial score (nSPS) is 11.2. The maximum absolute atomic E-state index is 5.48. The summed E-state index contributed by atoms with van der Waals surface area (Å²) < 4.78 is 2.22. The first-order chi connectivity index (χ1) is 7.27. The molecule has 0 aliphatic heterocycles. The van der Waals surface area contributed by atoms with Gasteiger partial charge in [0, 0.05) is 19.3 Å². The third-order valence-corrected chi connectivity index (χ3v) is 2.44. The minimum absolute atomic E-state index is 0.762. The highest BCUT2D eigenvalue weighted by atomic mass is 15.1. The summed E-state index contributed by atoms with van der Waals surface area (Å²) >= 11 is 0. The van der Waals surface area contributed by atoms with Crippen molar-refractivity contribution in [3.63, 3.8) is 0 Å². The predicted octanol–water partition coefficient (Wildman–Crippen LogP) is 1.07. The van der Waals surface area contributed by atoms with Crippen LogP contribution < -0.4 is 5.73 Å². The Balaban J connectivity index is 2.44. The van der Waals surface area contributed by atoms with Gasteiger partial charge in [-0.15, -0.1) is 0 Å². The molecular formula is C11H22N4. The Morgan fingerprint density at radius 1 is 1.53 bits per heavy atom. The zero-order valence-electron chi connectivity index (χ0n) is 9.82. The largest absolute Gasteiger partial charge is 0.333 e. The van der Waals surface area contributed by atoms with Gasteiger partial charge in [0.05, 0.1) is 12.0 Å². The van der Waals surface area contributed by atoms with Crippen molar-refractivity contribution >= 4 is 0 Å². The molecule has 4 heteroatoms. The molecule has 0 saturated heterocycles. The predicted molar refractivity (Wildman–Crippen MR) is 62.5 cm³/mol. The van der Waals surface area contributed by atoms with Crippen molar-refractivity contribution in [1.82, 2.24) is 14.5 Å². The summed E-state index contributed by atoms with van der Waals surface area (Å²) in [6.45, 7) is 6.01. The second-order valence-electron chi connectivity index (χ2n) is 3.96. The molecule has 0 aliphatic rings. The molecule has 0 amide bonds. The molecule has 1 aromatic rings. The number of nitrogens with zero attached hydrogens (tertiary/aromatic N) is 3. The zero-order valence-corrected chi connectivity index (χ0v) is 9.82. The lowest BCUT2D eigenvalue weighted by Gasteiger charge is -2.16. The van der Waals surface area contributed by atoms with E-state index in [1.54, 1.807) is 0 Å². The van der Waals surface area contributed by atoms with E-state index in [-0.39, 0.29) is 0 Å². The van der Waals surface area contributed by atoms with Gasteiger partial charge in [-0.2, -0.15) is 0 Å². The smallest absolute Gasteiger partial charge is 0.0948 e. The van der Waals surface area contributed by atoms with Gasteiger partial charge in [0.15, 0.2) is 0 Å². The van der Waals surface area contributed by atoms with Crippen molar-refractivity contribution in [3.8, 4) is 0 Å². The highest BCUT2D eigenvalue weighted by Gasteiger charge is 2.04. The maximum Gasteiger partial charge on any atom is 0.0948 e. The van der Waals surface area contributed by atoms with E-state index in [4.69, 9.17) is 5.73 Å². The number of hydrogen-bond acceptors (Lipinski definition) is 3. The number of rotatable bonds is 7. The molecule has 1 rings (SSSR count). The molecule has 15 heavy (non-hydrogen) atoms. The fraction of sp³-hybridized carbons (Fsp3) is 0.727. The van der Waals surface area contributed by atoms with E-state index >= 15 is 0 Å². The molecule has 0 bridgehead atoms. The van der Waals surface area contributed by atoms with Crippen LogP contribution in [0.1, 0.15) is 25.5 Å². The van der Waals surface area contributed by atoms with Crippen molar-refractivity contribution in [3.05, 3.63) is 18.2 Å². The van der Waals surface area contributed by atoms with Crippen molar-refractivity contribution in [1.29, 1.82) is 0 Å². The van der Waals surface area contributed by atoms with Gasteiger partial charge in [0.1, 0.15) is 0 Å². The second-order valence-corrected chi connectivity index (χ2v) is 3.96. The highest BCUT2D eigenvalue weighted by Crippen LogP contribution is 2.04. The van der Waals surface area contributed by atoms with E-state index in [0.717, 1.165) is 39.0 Å². The van der Waals surface area contributed by atoms with Crippen molar-refractivity contribution < 1.29 is 0 Å². The molecule has 0 spiro atoms. The lowest BCUT2D eigenvalue weighted by Crippen LogP contribution is -2.22. The van der Waals surface area contributed by atoms with Crippen LogP contribution in [-0.4, -0.2) is 34.6 Å². The molecule has 86 valence electrons. The number of imidazole rings is 1. The molecule has 0 radical (unpaired) electrons. The minimum atomic E-state index is 0.762. The van der Waals surface area contributed by atoms with Gasteiger partial charge in [-0.3, -0.25) is 0 Å². The van der Waals surface area contributed by atoms with Crippen molar-refractivity contribution in [2.24, 2.45) is 5.73 Å².